The zero-order valence-electron chi connectivity index (χ0n) is 65.9. The minimum absolute atomic E-state index is 0.0150. The largest absolute Gasteiger partial charge is 0.481 e. The number of benzene rings is 5. The van der Waals surface area contributed by atoms with Gasteiger partial charge in [-0.25, -0.2) is 9.78 Å². The Kier molecular flexibility index (Phi) is 35.0. The number of aliphatic carboxylic acids is 2. The molecule has 2 fully saturated rings. The average molecular weight is 1710 g/mol. The molecule has 25 N–H and O–H groups in total. The number of hydrazone groups is 1. The summed E-state index contributed by atoms with van der Waals surface area (Å²) in [6, 6.07) is 24.8. The Hall–Kier alpha value is -15.3. The van der Waals surface area contributed by atoms with Gasteiger partial charge in [0.15, 0.2) is 11.9 Å². The molecule has 8 rings (SSSR count). The Morgan fingerprint density at radius 1 is 0.561 bits per heavy atom. The predicted molar refractivity (Wildman–Crippen MR) is 445 cm³/mol. The second kappa shape index (κ2) is 46.2. The van der Waals surface area contributed by atoms with Crippen LogP contribution in [-0.4, -0.2) is 205 Å². The molecule has 0 saturated carbocycles. The molecule has 0 spiro atoms. The number of carboxylic acid groups (broad SMARTS) is 2. The molecule has 2 aliphatic heterocycles. The molecule has 1 unspecified atom stereocenters. The van der Waals surface area contributed by atoms with Crippen LogP contribution in [-0.2, 0) is 83.7 Å². The van der Waals surface area contributed by atoms with E-state index in [4.69, 9.17) is 22.3 Å². The summed E-state index contributed by atoms with van der Waals surface area (Å²) in [5, 5.41) is 78.8. The van der Waals surface area contributed by atoms with Crippen LogP contribution in [0.15, 0.2) is 179 Å². The number of unbranched alkanes of at least 4 members (excludes halogenated alkanes) is 2. The molecule has 43 heteroatoms. The molecule has 1 aromatic heterocycles. The van der Waals surface area contributed by atoms with Gasteiger partial charge in [-0.2, -0.15) is 13.5 Å². The highest BCUT2D eigenvalue weighted by Crippen LogP contribution is 2.21. The number of hydrogen-bond acceptors (Lipinski definition) is 22. The first-order chi connectivity index (χ1) is 58.7. The Balaban J connectivity index is 1.01. The third-order valence-electron chi connectivity index (χ3n) is 18.3. The molecule has 2 aliphatic rings. The van der Waals surface area contributed by atoms with Crippen LogP contribution in [0.4, 0.5) is 5.82 Å². The quantitative estimate of drug-likeness (QED) is 0.00567. The van der Waals surface area contributed by atoms with E-state index in [0.717, 1.165) is 40.0 Å². The third kappa shape index (κ3) is 30.9. The van der Waals surface area contributed by atoms with Gasteiger partial charge in [0.1, 0.15) is 63.7 Å². The number of nitrogens with two attached hydrogens (primary N) is 2. The summed E-state index contributed by atoms with van der Waals surface area (Å²) < 4.78 is 33.6. The van der Waals surface area contributed by atoms with E-state index in [-0.39, 0.29) is 113 Å². The number of fused-ring (bicyclic) bond motifs is 2. The van der Waals surface area contributed by atoms with Crippen molar-refractivity contribution >= 4 is 150 Å². The van der Waals surface area contributed by atoms with Crippen molar-refractivity contribution in [2.45, 2.75) is 112 Å². The van der Waals surface area contributed by atoms with Crippen molar-refractivity contribution in [3.05, 3.63) is 191 Å². The van der Waals surface area contributed by atoms with Crippen molar-refractivity contribution in [3.8, 4) is 0 Å². The van der Waals surface area contributed by atoms with Crippen LogP contribution in [0.1, 0.15) is 97.7 Å². The van der Waals surface area contributed by atoms with E-state index in [1.165, 1.54) is 48.6 Å². The highest BCUT2D eigenvalue weighted by Gasteiger charge is 2.34. The van der Waals surface area contributed by atoms with Gasteiger partial charge in [-0.15, -0.1) is 0 Å². The number of nitrogens with one attached hydrogen (secondary N) is 18. The molecule has 5 aromatic carbocycles. The lowest BCUT2D eigenvalue weighted by Crippen LogP contribution is -2.55. The van der Waals surface area contributed by atoms with Gasteiger partial charge < -0.3 is 101 Å². The maximum atomic E-state index is 14.6. The van der Waals surface area contributed by atoms with Crippen molar-refractivity contribution < 1.29 is 95.1 Å². The van der Waals surface area contributed by atoms with Gasteiger partial charge in [0.05, 0.1) is 37.4 Å². The lowest BCUT2D eigenvalue weighted by atomic mass is 10.0. The number of hydrogen-bond donors (Lipinski definition) is 23. The number of carboxylic acids is 2. The predicted octanol–water partition coefficient (Wildman–Crippen LogP) is -1.56. The van der Waals surface area contributed by atoms with Gasteiger partial charge in [0, 0.05) is 50.8 Å². The summed E-state index contributed by atoms with van der Waals surface area (Å²) >= 11 is 0. The summed E-state index contributed by atoms with van der Waals surface area (Å²) in [5.74, 6) is -17.0. The molecule has 0 aliphatic carbocycles. The van der Waals surface area contributed by atoms with Gasteiger partial charge in [-0.3, -0.25) is 87.9 Å². The number of anilines is 1. The van der Waals surface area contributed by atoms with Crippen LogP contribution in [0.25, 0.3) is 27.6 Å². The van der Waals surface area contributed by atoms with E-state index in [9.17, 15) is 95.1 Å². The first kappa shape index (κ1) is 93.2. The third-order valence-corrected chi connectivity index (χ3v) is 19.2. The van der Waals surface area contributed by atoms with Crippen molar-refractivity contribution in [1.29, 1.82) is 10.8 Å². The minimum Gasteiger partial charge on any atom is -0.481 e. The monoisotopic (exact) mass is 1710 g/mol. The maximum absolute atomic E-state index is 14.6. The highest BCUT2D eigenvalue weighted by molar-refractivity contribution is 7.86. The molecule has 648 valence electrons. The molecule has 13 amide bonds. The standard InChI is InChI=1S/C80H92N22O20S/c81-79(82)87-33-11-20-53-71(112)90-43-65(104)93-60(39-67(106)107)77(118)100-58(37-45-23-25-47-13-1-3-15-49(47)35-45)75(116)98-55(73(114)96-53)18-7-9-31-85-64(103)30-28-57(95-69(110)52-27-29-63(89-41-52)102-92-42-51-17-5-6-22-62(51)123(120,121)122)70(111)86-32-10-8-19-56-74(115)97-54(21-12-34-88-80(83)84)72(113)91-44-66(105)94-61(40-68(108)109)78(119)101-59(76(117)99-56)38-46-24-26-48-14-2-4-16-50(48)36-46/h1-6,13-17,19,21-27,29,35-37,40-42,53,55,57,59-60H,7-12,18,20,28,30-34,38-39,43-44H2,(H,85,103)(H,86,111)(H,89,102)(H,90,112)(H,91,113)(H,93,104)(H,94,105)(H,95,110)(H,96,114)(H,97,115)(H,98,116)(H,99,117)(H,100,118)(H,101,119)(H,106,107)(H,108,109)(H4,81,82,87)(H4,83,84,88)(H,120,121,122)/b54-21-,56-19+,58-37-,61-40+,92-42?/t53-,55-,57?,59+,60-/m0/s1. The zero-order valence-corrected chi connectivity index (χ0v) is 66.7. The summed E-state index contributed by atoms with van der Waals surface area (Å²) in [5.41, 5.74) is 11.9. The van der Waals surface area contributed by atoms with Crippen molar-refractivity contribution in [1.82, 2.24) is 84.7 Å². The second-order valence-corrected chi connectivity index (χ2v) is 29.1. The van der Waals surface area contributed by atoms with Crippen molar-refractivity contribution in [3.63, 3.8) is 0 Å². The summed E-state index contributed by atoms with van der Waals surface area (Å²) in [6.07, 6.45) is 3.87. The van der Waals surface area contributed by atoms with Crippen LogP contribution in [0.5, 0.6) is 0 Å². The van der Waals surface area contributed by atoms with Gasteiger partial charge in [-0.05, 0) is 121 Å². The molecule has 0 bridgehead atoms. The van der Waals surface area contributed by atoms with E-state index in [1.54, 1.807) is 72.8 Å². The van der Waals surface area contributed by atoms with Crippen molar-refractivity contribution in [2.75, 3.05) is 44.7 Å². The van der Waals surface area contributed by atoms with Crippen LogP contribution < -0.4 is 96.6 Å². The van der Waals surface area contributed by atoms with Crippen LogP contribution >= 0.6 is 0 Å². The fourth-order valence-electron chi connectivity index (χ4n) is 12.2. The SMILES string of the molecule is N=C(N)NCC/C=C1\NC(=O)/C(=C\CCCNC(=O)C(CCC(=O)NCCCC[C@@H]2NC(=O)/C(=C/c3ccc4ccccc4c3)NC(=O)[C@H](CC(=O)O)NC(=O)CNC(=O)[C@H](CCCNC(=N)N)NC2=O)NC(=O)c2ccc(NN=Cc3ccccc3S(=O)(=O)O)nc2)NC(=O)[C@@H](Cc2ccc3ccccc3c2)NC(=O)/C(=C\C(=O)O)NC(=O)CNC1=O. The van der Waals surface area contributed by atoms with Gasteiger partial charge in [-0.1, -0.05) is 109 Å². The van der Waals surface area contributed by atoms with E-state index in [2.05, 4.69) is 95.3 Å². The molecular weight excluding hydrogens is 1620 g/mol. The van der Waals surface area contributed by atoms with Gasteiger partial charge in [0.25, 0.3) is 39.7 Å². The number of nitrogens with zero attached hydrogens (tertiary/aromatic N) is 2. The maximum Gasteiger partial charge on any atom is 0.330 e. The van der Waals surface area contributed by atoms with Crippen molar-refractivity contribution in [2.24, 2.45) is 16.6 Å². The summed E-state index contributed by atoms with van der Waals surface area (Å²) in [6.45, 7) is -1.98. The number of rotatable bonds is 32. The topological polar surface area (TPSA) is 668 Å². The number of guanidine groups is 2. The second-order valence-electron chi connectivity index (χ2n) is 27.7. The number of carbonyl (C=O) groups is 15. The fourth-order valence-corrected chi connectivity index (χ4v) is 12.9. The number of pyridine rings is 1. The van der Waals surface area contributed by atoms with Crippen LogP contribution in [0.3, 0.4) is 0 Å². The fraction of sp³-hybridized carbons (Fsp3) is 0.287. The van der Waals surface area contributed by atoms with E-state index in [1.807, 2.05) is 12.1 Å². The Labute approximate surface area is 702 Å². The number of amides is 13. The summed E-state index contributed by atoms with van der Waals surface area (Å²) in [4.78, 5) is 210. The van der Waals surface area contributed by atoms with E-state index >= 15 is 0 Å². The molecular formula is C80H92N22O20S. The van der Waals surface area contributed by atoms with E-state index in [0.29, 0.717) is 17.2 Å². The average Bonchev–Trinajstić information content (AvgIpc) is 1.55. The number of aromatic nitrogens is 1. The lowest BCUT2D eigenvalue weighted by molar-refractivity contribution is -0.140. The number of carbonyl (C=O) groups excluding carboxylic acids is 13. The zero-order chi connectivity index (χ0) is 89.1. The first-order valence-corrected chi connectivity index (χ1v) is 39.8. The van der Waals surface area contributed by atoms with E-state index < -0.39 is 189 Å². The van der Waals surface area contributed by atoms with Crippen LogP contribution in [0.2, 0.25) is 0 Å². The highest BCUT2D eigenvalue weighted by atomic mass is 32.2. The molecule has 5 atom stereocenters. The van der Waals surface area contributed by atoms with Gasteiger partial charge in [0.2, 0.25) is 47.3 Å². The van der Waals surface area contributed by atoms with Gasteiger partial charge >= 0.3 is 11.9 Å². The first-order valence-electron chi connectivity index (χ1n) is 38.3. The smallest absolute Gasteiger partial charge is 0.330 e. The molecule has 123 heavy (non-hydrogen) atoms. The number of allylic oxidation sites excluding steroid dienone is 1. The molecule has 0 radical (unpaired) electrons. The Bertz CT molecular complexity index is 5330. The summed E-state index contributed by atoms with van der Waals surface area (Å²) in [7, 11) is -4.64. The normalized spacial score (nSPS) is 18.3. The van der Waals surface area contributed by atoms with Crippen LogP contribution in [0, 0.1) is 10.8 Å². The lowest BCUT2D eigenvalue weighted by Gasteiger charge is -2.24. The molecule has 3 heterocycles. The molecule has 42 nitrogen and oxygen atoms in total. The Morgan fingerprint density at radius 2 is 1.17 bits per heavy atom. The Morgan fingerprint density at radius 3 is 1.87 bits per heavy atom. The molecule has 6 aromatic rings. The minimum atomic E-state index is -4.64. The molecule has 2 saturated heterocycles.